The minimum Gasteiger partial charge on any atom is -0.494 e. The molecule has 30 heavy (non-hydrogen) atoms. The van der Waals surface area contributed by atoms with Crippen molar-refractivity contribution in [2.45, 2.75) is 43.9 Å². The first kappa shape index (κ1) is 22.5. The van der Waals surface area contributed by atoms with E-state index in [0.717, 1.165) is 16.9 Å². The Bertz CT molecular complexity index is 842. The first-order valence-corrected chi connectivity index (χ1v) is 10.1. The van der Waals surface area contributed by atoms with E-state index in [1.807, 2.05) is 31.2 Å². The van der Waals surface area contributed by atoms with Crippen LogP contribution in [0.1, 0.15) is 29.7 Å². The average molecular weight is 437 g/mol. The first-order chi connectivity index (χ1) is 14.4. The Kier molecular flexibility index (Phi) is 7.69. The van der Waals surface area contributed by atoms with E-state index in [-0.39, 0.29) is 13.1 Å². The van der Waals surface area contributed by atoms with Crippen LogP contribution in [0, 0.1) is 0 Å². The van der Waals surface area contributed by atoms with Gasteiger partial charge in [0.2, 0.25) is 0 Å². The van der Waals surface area contributed by atoms with Crippen LogP contribution < -0.4 is 4.74 Å². The van der Waals surface area contributed by atoms with Crippen LogP contribution in [0.4, 0.5) is 0 Å². The lowest BCUT2D eigenvalue weighted by Crippen LogP contribution is -2.55. The number of ether oxygens (including phenoxy) is 3. The van der Waals surface area contributed by atoms with Crippen molar-refractivity contribution in [1.82, 2.24) is 0 Å². The highest BCUT2D eigenvalue weighted by Crippen LogP contribution is 2.34. The summed E-state index contributed by atoms with van der Waals surface area (Å²) in [5.74, 6) is 0.788. The summed E-state index contributed by atoms with van der Waals surface area (Å²) >= 11 is 6.38. The summed E-state index contributed by atoms with van der Waals surface area (Å²) in [7, 11) is 0. The van der Waals surface area contributed by atoms with Crippen LogP contribution in [0.3, 0.4) is 0 Å². The molecule has 0 spiro atoms. The van der Waals surface area contributed by atoms with E-state index in [2.05, 4.69) is 4.74 Å². The molecule has 3 rings (SSSR count). The Morgan fingerprint density at radius 1 is 1.07 bits per heavy atom. The maximum Gasteiger partial charge on any atom is 0.293 e. The summed E-state index contributed by atoms with van der Waals surface area (Å²) in [6, 6.07) is 12.9. The fourth-order valence-electron chi connectivity index (χ4n) is 3.50. The lowest BCUT2D eigenvalue weighted by atomic mass is 9.90. The van der Waals surface area contributed by atoms with Crippen molar-refractivity contribution in [2.75, 3.05) is 13.2 Å². The molecule has 1 aliphatic heterocycles. The quantitative estimate of drug-likeness (QED) is 0.544. The summed E-state index contributed by atoms with van der Waals surface area (Å²) in [5, 5.41) is 31.3. The molecular formula is C22H25ClO7. The second-order valence-corrected chi connectivity index (χ2v) is 7.51. The minimum atomic E-state index is -1.45. The third-order valence-electron chi connectivity index (χ3n) is 5.07. The van der Waals surface area contributed by atoms with Crippen LogP contribution in [0.15, 0.2) is 42.5 Å². The van der Waals surface area contributed by atoms with Crippen LogP contribution in [0.2, 0.25) is 5.02 Å². The maximum absolute atomic E-state index is 10.5. The molecule has 1 aliphatic rings. The zero-order valence-corrected chi connectivity index (χ0v) is 17.2. The Morgan fingerprint density at radius 3 is 2.47 bits per heavy atom. The van der Waals surface area contributed by atoms with Crippen molar-refractivity contribution in [3.63, 3.8) is 0 Å². The van der Waals surface area contributed by atoms with Crippen molar-refractivity contribution in [3.05, 3.63) is 64.2 Å². The lowest BCUT2D eigenvalue weighted by Gasteiger charge is -2.40. The molecule has 2 aromatic carbocycles. The molecule has 0 aliphatic carbocycles. The van der Waals surface area contributed by atoms with E-state index in [4.69, 9.17) is 21.1 Å². The maximum atomic E-state index is 10.5. The van der Waals surface area contributed by atoms with Gasteiger partial charge in [0.15, 0.2) is 0 Å². The first-order valence-electron chi connectivity index (χ1n) is 9.69. The molecule has 3 N–H and O–H groups in total. The fourth-order valence-corrected chi connectivity index (χ4v) is 3.68. The molecule has 8 heteroatoms. The summed E-state index contributed by atoms with van der Waals surface area (Å²) in [6.45, 7) is 2.51. The van der Waals surface area contributed by atoms with Gasteiger partial charge in [-0.15, -0.1) is 0 Å². The third kappa shape index (κ3) is 5.11. The predicted molar refractivity (Wildman–Crippen MR) is 110 cm³/mol. The fraction of sp³-hybridized carbons (Fsp3) is 0.409. The van der Waals surface area contributed by atoms with E-state index in [9.17, 15) is 20.1 Å². The molecule has 0 aromatic heterocycles. The average Bonchev–Trinajstić information content (AvgIpc) is 2.75. The number of carbonyl (C=O) groups excluding carboxylic acids is 1. The van der Waals surface area contributed by atoms with E-state index in [0.29, 0.717) is 23.6 Å². The zero-order chi connectivity index (χ0) is 21.7. The molecule has 0 bridgehead atoms. The van der Waals surface area contributed by atoms with Gasteiger partial charge in [-0.05, 0) is 48.2 Å². The number of aliphatic hydroxyl groups excluding tert-OH is 3. The summed E-state index contributed by atoms with van der Waals surface area (Å²) < 4.78 is 15.9. The third-order valence-corrected chi connectivity index (χ3v) is 5.44. The number of carbonyl (C=O) groups is 1. The molecule has 0 saturated carbocycles. The number of hydrogen-bond donors (Lipinski definition) is 3. The summed E-state index contributed by atoms with van der Waals surface area (Å²) in [6.07, 6.45) is -5.53. The van der Waals surface area contributed by atoms with Crippen LogP contribution in [-0.2, 0) is 20.7 Å². The van der Waals surface area contributed by atoms with Crippen LogP contribution in [0.5, 0.6) is 5.75 Å². The molecule has 0 radical (unpaired) electrons. The Balaban J connectivity index is 1.81. The largest absolute Gasteiger partial charge is 0.494 e. The summed E-state index contributed by atoms with van der Waals surface area (Å²) in [5.41, 5.74) is 2.43. The van der Waals surface area contributed by atoms with Crippen molar-refractivity contribution in [1.29, 1.82) is 0 Å². The highest BCUT2D eigenvalue weighted by Gasteiger charge is 2.44. The number of halogens is 1. The molecule has 1 heterocycles. The topological polar surface area (TPSA) is 105 Å². The van der Waals surface area contributed by atoms with Crippen molar-refractivity contribution < 1.29 is 34.3 Å². The van der Waals surface area contributed by atoms with Gasteiger partial charge in [0.25, 0.3) is 6.47 Å². The van der Waals surface area contributed by atoms with Crippen molar-refractivity contribution in [3.8, 4) is 5.75 Å². The Hall–Kier alpha value is -2.16. The molecule has 1 saturated heterocycles. The van der Waals surface area contributed by atoms with Crippen molar-refractivity contribution >= 4 is 18.1 Å². The molecule has 0 amide bonds. The SMILES string of the molecule is CCOc1ccc(Cc2cc([C@@H]3O[C@H](COC=O)[C@@H](O)[C@H](O)[C@H]3O)ccc2Cl)cc1. The van der Waals surface area contributed by atoms with Crippen LogP contribution in [0.25, 0.3) is 0 Å². The minimum absolute atomic E-state index is 0.236. The molecule has 1 fully saturated rings. The van der Waals surface area contributed by atoms with E-state index >= 15 is 0 Å². The summed E-state index contributed by atoms with van der Waals surface area (Å²) in [4.78, 5) is 10.5. The molecule has 2 aromatic rings. The van der Waals surface area contributed by atoms with Gasteiger partial charge in [-0.25, -0.2) is 0 Å². The standard InChI is InChI=1S/C22H25ClO7/c1-2-29-16-6-3-13(4-7-16)9-15-10-14(5-8-17(15)23)22-21(27)20(26)19(25)18(30-22)11-28-12-24/h3-8,10,12,18-22,25-27H,2,9,11H2,1H3/t18-,19-,20+,21-,22+/m1/s1. The number of rotatable bonds is 8. The lowest BCUT2D eigenvalue weighted by molar-refractivity contribution is -0.233. The van der Waals surface area contributed by atoms with Gasteiger partial charge >= 0.3 is 0 Å². The molecule has 162 valence electrons. The number of benzene rings is 2. The Labute approximate surface area is 179 Å². The van der Waals surface area contributed by atoms with E-state index in [1.165, 1.54) is 0 Å². The molecule has 0 unspecified atom stereocenters. The number of aliphatic hydroxyl groups is 3. The Morgan fingerprint density at radius 2 is 1.80 bits per heavy atom. The zero-order valence-electron chi connectivity index (χ0n) is 16.5. The predicted octanol–water partition coefficient (Wildman–Crippen LogP) is 2.03. The normalized spacial score (nSPS) is 26.2. The monoisotopic (exact) mass is 436 g/mol. The second kappa shape index (κ2) is 10.2. The highest BCUT2D eigenvalue weighted by atomic mass is 35.5. The van der Waals surface area contributed by atoms with Gasteiger partial charge in [0, 0.05) is 5.02 Å². The van der Waals surface area contributed by atoms with E-state index in [1.54, 1.807) is 18.2 Å². The second-order valence-electron chi connectivity index (χ2n) is 7.10. The van der Waals surface area contributed by atoms with Crippen LogP contribution >= 0.6 is 11.6 Å². The molecular weight excluding hydrogens is 412 g/mol. The van der Waals surface area contributed by atoms with Crippen LogP contribution in [-0.4, -0.2) is 59.4 Å². The van der Waals surface area contributed by atoms with Gasteiger partial charge in [0.05, 0.1) is 6.61 Å². The van der Waals surface area contributed by atoms with Gasteiger partial charge in [-0.2, -0.15) is 0 Å². The van der Waals surface area contributed by atoms with Gasteiger partial charge in [-0.1, -0.05) is 35.9 Å². The van der Waals surface area contributed by atoms with Gasteiger partial charge in [-0.3, -0.25) is 4.79 Å². The van der Waals surface area contributed by atoms with Gasteiger partial charge in [0.1, 0.15) is 42.9 Å². The number of hydrogen-bond acceptors (Lipinski definition) is 7. The highest BCUT2D eigenvalue weighted by molar-refractivity contribution is 6.31. The van der Waals surface area contributed by atoms with Gasteiger partial charge < -0.3 is 29.5 Å². The molecule has 7 nitrogen and oxygen atoms in total. The molecule has 5 atom stereocenters. The smallest absolute Gasteiger partial charge is 0.293 e. The van der Waals surface area contributed by atoms with E-state index < -0.39 is 30.5 Å². The van der Waals surface area contributed by atoms with Crippen molar-refractivity contribution in [2.24, 2.45) is 0 Å².